The Morgan fingerprint density at radius 1 is 1.32 bits per heavy atom. The second-order valence-corrected chi connectivity index (χ2v) is 4.96. The van der Waals surface area contributed by atoms with Crippen molar-refractivity contribution in [3.05, 3.63) is 59.3 Å². The molecule has 5 nitrogen and oxygen atoms in total. The number of halogens is 1. The summed E-state index contributed by atoms with van der Waals surface area (Å²) in [4.78, 5) is 23.9. The van der Waals surface area contributed by atoms with E-state index in [1.807, 2.05) is 0 Å². The van der Waals surface area contributed by atoms with Gasteiger partial charge in [0.05, 0.1) is 12.8 Å². The number of carbonyl (C=O) groups is 2. The van der Waals surface area contributed by atoms with Gasteiger partial charge in [0.25, 0.3) is 5.91 Å². The molecule has 0 saturated carbocycles. The molecule has 0 saturated heterocycles. The SMILES string of the molecule is Cc1ccc(C(=O)N[C@H](C)C(=O)NCc2ccco2)cc1F. The Morgan fingerprint density at radius 2 is 2.09 bits per heavy atom. The minimum absolute atomic E-state index is 0.175. The van der Waals surface area contributed by atoms with Gasteiger partial charge in [-0.15, -0.1) is 0 Å². The molecule has 2 N–H and O–H groups in total. The van der Waals surface area contributed by atoms with Crippen molar-refractivity contribution in [1.29, 1.82) is 0 Å². The van der Waals surface area contributed by atoms with E-state index in [-0.39, 0.29) is 18.0 Å². The van der Waals surface area contributed by atoms with Crippen LogP contribution in [-0.4, -0.2) is 17.9 Å². The molecule has 2 rings (SSSR count). The number of furan rings is 1. The quantitative estimate of drug-likeness (QED) is 0.889. The molecule has 0 radical (unpaired) electrons. The van der Waals surface area contributed by atoms with Crippen LogP contribution in [0.4, 0.5) is 4.39 Å². The topological polar surface area (TPSA) is 71.3 Å². The maximum atomic E-state index is 13.4. The first-order chi connectivity index (χ1) is 10.5. The fourth-order valence-corrected chi connectivity index (χ4v) is 1.82. The average Bonchev–Trinajstić information content (AvgIpc) is 3.00. The first-order valence-electron chi connectivity index (χ1n) is 6.84. The van der Waals surface area contributed by atoms with Crippen molar-refractivity contribution in [1.82, 2.24) is 10.6 Å². The molecule has 0 aliphatic heterocycles. The molecule has 0 spiro atoms. The molecule has 0 fully saturated rings. The number of aryl methyl sites for hydroxylation is 1. The second-order valence-electron chi connectivity index (χ2n) is 4.96. The maximum absolute atomic E-state index is 13.4. The summed E-state index contributed by atoms with van der Waals surface area (Å²) in [6, 6.07) is 6.90. The van der Waals surface area contributed by atoms with E-state index in [1.165, 1.54) is 18.4 Å². The van der Waals surface area contributed by atoms with Gasteiger partial charge in [-0.25, -0.2) is 4.39 Å². The summed E-state index contributed by atoms with van der Waals surface area (Å²) in [7, 11) is 0. The van der Waals surface area contributed by atoms with Gasteiger partial charge in [-0.2, -0.15) is 0 Å². The normalized spacial score (nSPS) is 11.8. The summed E-state index contributed by atoms with van der Waals surface area (Å²) in [6.45, 7) is 3.41. The molecule has 0 bridgehead atoms. The van der Waals surface area contributed by atoms with Crippen molar-refractivity contribution in [2.75, 3.05) is 0 Å². The highest BCUT2D eigenvalue weighted by atomic mass is 19.1. The molecule has 2 amide bonds. The van der Waals surface area contributed by atoms with Crippen LogP contribution in [0.5, 0.6) is 0 Å². The highest BCUT2D eigenvalue weighted by Crippen LogP contribution is 2.09. The molecule has 0 aliphatic carbocycles. The predicted octanol–water partition coefficient (Wildman–Crippen LogP) is 2.16. The molecule has 0 aliphatic rings. The van der Waals surface area contributed by atoms with E-state index >= 15 is 0 Å². The number of hydrogen-bond donors (Lipinski definition) is 2. The molecule has 2 aromatic rings. The van der Waals surface area contributed by atoms with Crippen LogP contribution >= 0.6 is 0 Å². The zero-order chi connectivity index (χ0) is 16.1. The van der Waals surface area contributed by atoms with E-state index in [4.69, 9.17) is 4.42 Å². The third-order valence-electron chi connectivity index (χ3n) is 3.19. The summed E-state index contributed by atoms with van der Waals surface area (Å²) in [6.07, 6.45) is 1.51. The standard InChI is InChI=1S/C16H17FN2O3/c1-10-5-6-12(8-14(10)17)16(21)19-11(2)15(20)18-9-13-4-3-7-22-13/h3-8,11H,9H2,1-2H3,(H,18,20)(H,19,21)/t11-/m1/s1. The van der Waals surface area contributed by atoms with Crippen LogP contribution in [0.25, 0.3) is 0 Å². The van der Waals surface area contributed by atoms with Gasteiger partial charge in [-0.3, -0.25) is 9.59 Å². The lowest BCUT2D eigenvalue weighted by Crippen LogP contribution is -2.44. The number of rotatable bonds is 5. The summed E-state index contributed by atoms with van der Waals surface area (Å²) in [5.41, 5.74) is 0.634. The minimum atomic E-state index is -0.744. The Hall–Kier alpha value is -2.63. The van der Waals surface area contributed by atoms with Gasteiger partial charge in [-0.05, 0) is 43.7 Å². The van der Waals surface area contributed by atoms with E-state index in [2.05, 4.69) is 10.6 Å². The van der Waals surface area contributed by atoms with Gasteiger partial charge in [-0.1, -0.05) is 6.07 Å². The van der Waals surface area contributed by atoms with Crippen LogP contribution in [0.3, 0.4) is 0 Å². The number of hydrogen-bond acceptors (Lipinski definition) is 3. The molecular weight excluding hydrogens is 287 g/mol. The Kier molecular flexibility index (Phi) is 4.93. The van der Waals surface area contributed by atoms with Crippen molar-refractivity contribution in [2.24, 2.45) is 0 Å². The third kappa shape index (κ3) is 3.94. The number of carbonyl (C=O) groups excluding carboxylic acids is 2. The average molecular weight is 304 g/mol. The van der Waals surface area contributed by atoms with Gasteiger partial charge in [0.1, 0.15) is 17.6 Å². The molecule has 6 heteroatoms. The van der Waals surface area contributed by atoms with Crippen LogP contribution in [-0.2, 0) is 11.3 Å². The first kappa shape index (κ1) is 15.8. The second kappa shape index (κ2) is 6.89. The molecule has 22 heavy (non-hydrogen) atoms. The number of benzene rings is 1. The maximum Gasteiger partial charge on any atom is 0.252 e. The van der Waals surface area contributed by atoms with Gasteiger partial charge in [0, 0.05) is 5.56 Å². The summed E-state index contributed by atoms with van der Waals surface area (Å²) in [5, 5.41) is 5.17. The molecule has 1 atom stereocenters. The monoisotopic (exact) mass is 304 g/mol. The van der Waals surface area contributed by atoms with Crippen LogP contribution in [0, 0.1) is 12.7 Å². The van der Waals surface area contributed by atoms with E-state index in [0.29, 0.717) is 11.3 Å². The zero-order valence-electron chi connectivity index (χ0n) is 12.4. The number of nitrogens with one attached hydrogen (secondary N) is 2. The molecule has 1 heterocycles. The van der Waals surface area contributed by atoms with Crippen LogP contribution < -0.4 is 10.6 Å². The minimum Gasteiger partial charge on any atom is -0.467 e. The Balaban J connectivity index is 1.89. The third-order valence-corrected chi connectivity index (χ3v) is 3.19. The van der Waals surface area contributed by atoms with Gasteiger partial charge in [0.15, 0.2) is 0 Å². The first-order valence-corrected chi connectivity index (χ1v) is 6.84. The fourth-order valence-electron chi connectivity index (χ4n) is 1.82. The Labute approximate surface area is 127 Å². The summed E-state index contributed by atoms with van der Waals surface area (Å²) >= 11 is 0. The lowest BCUT2D eigenvalue weighted by atomic mass is 10.1. The van der Waals surface area contributed by atoms with Crippen molar-refractivity contribution < 1.29 is 18.4 Å². The van der Waals surface area contributed by atoms with Crippen LogP contribution in [0.2, 0.25) is 0 Å². The van der Waals surface area contributed by atoms with Crippen molar-refractivity contribution >= 4 is 11.8 Å². The summed E-state index contributed by atoms with van der Waals surface area (Å²) < 4.78 is 18.5. The zero-order valence-corrected chi connectivity index (χ0v) is 12.4. The molecule has 1 aromatic carbocycles. The highest BCUT2D eigenvalue weighted by Gasteiger charge is 2.17. The van der Waals surface area contributed by atoms with Crippen LogP contribution in [0.15, 0.2) is 41.0 Å². The molecule has 1 aromatic heterocycles. The molecular formula is C16H17FN2O3. The van der Waals surface area contributed by atoms with Crippen molar-refractivity contribution in [3.8, 4) is 0 Å². The van der Waals surface area contributed by atoms with Gasteiger partial charge < -0.3 is 15.1 Å². The highest BCUT2D eigenvalue weighted by molar-refractivity contribution is 5.97. The van der Waals surface area contributed by atoms with Gasteiger partial charge in [0.2, 0.25) is 5.91 Å². The molecule has 116 valence electrons. The predicted molar refractivity (Wildman–Crippen MR) is 78.6 cm³/mol. The van der Waals surface area contributed by atoms with Gasteiger partial charge >= 0.3 is 0 Å². The lowest BCUT2D eigenvalue weighted by Gasteiger charge is -2.14. The van der Waals surface area contributed by atoms with Crippen molar-refractivity contribution in [2.45, 2.75) is 26.4 Å². The smallest absolute Gasteiger partial charge is 0.252 e. The van der Waals surface area contributed by atoms with Crippen molar-refractivity contribution in [3.63, 3.8) is 0 Å². The Bertz CT molecular complexity index is 668. The number of amides is 2. The van der Waals surface area contributed by atoms with E-state index in [0.717, 1.165) is 6.07 Å². The van der Waals surface area contributed by atoms with E-state index in [1.54, 1.807) is 26.0 Å². The Morgan fingerprint density at radius 3 is 2.73 bits per heavy atom. The van der Waals surface area contributed by atoms with E-state index in [9.17, 15) is 14.0 Å². The fraction of sp³-hybridized carbons (Fsp3) is 0.250. The van der Waals surface area contributed by atoms with Crippen LogP contribution in [0.1, 0.15) is 28.6 Å². The summed E-state index contributed by atoms with van der Waals surface area (Å²) in [5.74, 6) is -0.688. The van der Waals surface area contributed by atoms with E-state index < -0.39 is 17.8 Å². The largest absolute Gasteiger partial charge is 0.467 e. The molecule has 0 unspecified atom stereocenters. The lowest BCUT2D eigenvalue weighted by molar-refractivity contribution is -0.122.